The molecule has 0 radical (unpaired) electrons. The van der Waals surface area contributed by atoms with Crippen molar-refractivity contribution in [3.63, 3.8) is 0 Å². The number of halogens is 1. The molecule has 20 heavy (non-hydrogen) atoms. The molecule has 0 aliphatic rings. The first kappa shape index (κ1) is 14.6. The molecule has 2 N–H and O–H groups in total. The molecule has 2 aromatic rings. The molecular formula is C14H18BrN5. The Hall–Kier alpha value is -1.82. The fourth-order valence-electron chi connectivity index (χ4n) is 1.79. The van der Waals surface area contributed by atoms with E-state index in [9.17, 15) is 0 Å². The summed E-state index contributed by atoms with van der Waals surface area (Å²) in [5.41, 5.74) is 2.10. The van der Waals surface area contributed by atoms with Crippen LogP contribution >= 0.6 is 15.9 Å². The number of nitrogens with zero attached hydrogens (tertiary/aromatic N) is 3. The van der Waals surface area contributed by atoms with Crippen LogP contribution in [0.1, 0.15) is 6.92 Å². The number of para-hydroxylation sites is 2. The summed E-state index contributed by atoms with van der Waals surface area (Å²) in [6.45, 7) is 2.80. The van der Waals surface area contributed by atoms with Gasteiger partial charge < -0.3 is 15.5 Å². The summed E-state index contributed by atoms with van der Waals surface area (Å²) in [6.07, 6.45) is 1.74. The molecule has 2 rings (SSSR count). The molecule has 0 unspecified atom stereocenters. The van der Waals surface area contributed by atoms with Gasteiger partial charge in [0.15, 0.2) is 0 Å². The van der Waals surface area contributed by atoms with Gasteiger partial charge in [-0.3, -0.25) is 0 Å². The summed E-state index contributed by atoms with van der Waals surface area (Å²) < 4.78 is 0.827. The van der Waals surface area contributed by atoms with Crippen molar-refractivity contribution in [2.75, 3.05) is 36.2 Å². The fraction of sp³-hybridized carbons (Fsp3) is 0.286. The highest BCUT2D eigenvalue weighted by molar-refractivity contribution is 9.10. The van der Waals surface area contributed by atoms with Crippen LogP contribution in [0, 0.1) is 0 Å². The van der Waals surface area contributed by atoms with Gasteiger partial charge in [0.1, 0.15) is 5.82 Å². The van der Waals surface area contributed by atoms with Gasteiger partial charge in [-0.1, -0.05) is 12.1 Å². The number of aromatic nitrogens is 2. The zero-order valence-corrected chi connectivity index (χ0v) is 13.4. The molecule has 0 fully saturated rings. The second kappa shape index (κ2) is 6.56. The third kappa shape index (κ3) is 3.39. The van der Waals surface area contributed by atoms with E-state index >= 15 is 0 Å². The van der Waals surface area contributed by atoms with E-state index < -0.39 is 0 Å². The number of hydrogen-bond donors (Lipinski definition) is 2. The van der Waals surface area contributed by atoms with E-state index in [-0.39, 0.29) is 0 Å². The Kier molecular flexibility index (Phi) is 4.79. The second-order valence-electron chi connectivity index (χ2n) is 4.46. The molecule has 1 heterocycles. The minimum absolute atomic E-state index is 0.612. The molecule has 0 amide bonds. The highest BCUT2D eigenvalue weighted by Crippen LogP contribution is 2.29. The van der Waals surface area contributed by atoms with Gasteiger partial charge in [0.2, 0.25) is 5.95 Å². The molecule has 1 aromatic heterocycles. The highest BCUT2D eigenvalue weighted by atomic mass is 79.9. The summed E-state index contributed by atoms with van der Waals surface area (Å²) in [6, 6.07) is 8.09. The predicted molar refractivity (Wildman–Crippen MR) is 87.9 cm³/mol. The molecule has 1 aromatic carbocycles. The Morgan fingerprint density at radius 3 is 2.70 bits per heavy atom. The van der Waals surface area contributed by atoms with E-state index in [1.807, 2.05) is 39.2 Å². The number of anilines is 4. The summed E-state index contributed by atoms with van der Waals surface area (Å²) >= 11 is 3.47. The average molecular weight is 336 g/mol. The molecule has 0 saturated carbocycles. The smallest absolute Gasteiger partial charge is 0.224 e. The zero-order chi connectivity index (χ0) is 14.5. The molecular weight excluding hydrogens is 318 g/mol. The molecule has 0 spiro atoms. The first-order chi connectivity index (χ1) is 9.61. The van der Waals surface area contributed by atoms with Gasteiger partial charge >= 0.3 is 0 Å². The SMILES string of the molecule is CCNc1ncc(Br)c(Nc2ccccc2N(C)C)n1. The van der Waals surface area contributed by atoms with Gasteiger partial charge in [0.25, 0.3) is 0 Å². The van der Waals surface area contributed by atoms with E-state index in [4.69, 9.17) is 0 Å². The average Bonchev–Trinajstić information content (AvgIpc) is 2.43. The maximum Gasteiger partial charge on any atom is 0.224 e. The summed E-state index contributed by atoms with van der Waals surface area (Å²) in [7, 11) is 4.03. The largest absolute Gasteiger partial charge is 0.376 e. The van der Waals surface area contributed by atoms with E-state index in [0.717, 1.165) is 28.2 Å². The molecule has 0 bridgehead atoms. The van der Waals surface area contributed by atoms with Crippen molar-refractivity contribution in [1.29, 1.82) is 0 Å². The van der Waals surface area contributed by atoms with Crippen molar-refractivity contribution in [2.24, 2.45) is 0 Å². The van der Waals surface area contributed by atoms with E-state index in [1.54, 1.807) is 6.20 Å². The summed E-state index contributed by atoms with van der Waals surface area (Å²) in [5.74, 6) is 1.35. The monoisotopic (exact) mass is 335 g/mol. The van der Waals surface area contributed by atoms with Crippen LogP contribution in [0.4, 0.5) is 23.1 Å². The van der Waals surface area contributed by atoms with Crippen LogP contribution in [0.15, 0.2) is 34.9 Å². The van der Waals surface area contributed by atoms with Crippen LogP contribution in [0.2, 0.25) is 0 Å². The molecule has 106 valence electrons. The van der Waals surface area contributed by atoms with Crippen LogP contribution in [0.5, 0.6) is 0 Å². The maximum absolute atomic E-state index is 4.46. The maximum atomic E-state index is 4.46. The normalized spacial score (nSPS) is 10.2. The second-order valence-corrected chi connectivity index (χ2v) is 5.31. The first-order valence-electron chi connectivity index (χ1n) is 6.41. The highest BCUT2D eigenvalue weighted by Gasteiger charge is 2.08. The zero-order valence-electron chi connectivity index (χ0n) is 11.8. The molecule has 0 aliphatic heterocycles. The lowest BCUT2D eigenvalue weighted by Gasteiger charge is -2.18. The summed E-state index contributed by atoms with van der Waals surface area (Å²) in [4.78, 5) is 10.7. The van der Waals surface area contributed by atoms with Crippen LogP contribution in [-0.2, 0) is 0 Å². The lowest BCUT2D eigenvalue weighted by Crippen LogP contribution is -2.11. The van der Waals surface area contributed by atoms with E-state index in [2.05, 4.69) is 47.5 Å². The van der Waals surface area contributed by atoms with Gasteiger partial charge in [-0.15, -0.1) is 0 Å². The van der Waals surface area contributed by atoms with Gasteiger partial charge in [-0.05, 0) is 35.0 Å². The van der Waals surface area contributed by atoms with Crippen LogP contribution < -0.4 is 15.5 Å². The minimum atomic E-state index is 0.612. The van der Waals surface area contributed by atoms with Crippen LogP contribution in [0.25, 0.3) is 0 Å². The number of benzene rings is 1. The molecule has 0 saturated heterocycles. The van der Waals surface area contributed by atoms with Gasteiger partial charge in [-0.2, -0.15) is 4.98 Å². The number of rotatable bonds is 5. The third-order valence-corrected chi connectivity index (χ3v) is 3.30. The van der Waals surface area contributed by atoms with Crippen molar-refractivity contribution in [1.82, 2.24) is 9.97 Å². The Labute approximate surface area is 127 Å². The van der Waals surface area contributed by atoms with Crippen molar-refractivity contribution in [2.45, 2.75) is 6.92 Å². The van der Waals surface area contributed by atoms with Crippen LogP contribution in [0.3, 0.4) is 0 Å². The Morgan fingerprint density at radius 1 is 1.25 bits per heavy atom. The lowest BCUT2D eigenvalue weighted by molar-refractivity contribution is 1.08. The molecule has 0 atom stereocenters. The number of hydrogen-bond acceptors (Lipinski definition) is 5. The molecule has 6 heteroatoms. The number of nitrogens with one attached hydrogen (secondary N) is 2. The minimum Gasteiger partial charge on any atom is -0.376 e. The first-order valence-corrected chi connectivity index (χ1v) is 7.21. The third-order valence-electron chi connectivity index (χ3n) is 2.72. The van der Waals surface area contributed by atoms with E-state index in [1.165, 1.54) is 0 Å². The van der Waals surface area contributed by atoms with Gasteiger partial charge in [0, 0.05) is 26.8 Å². The Balaban J connectivity index is 2.32. The van der Waals surface area contributed by atoms with Crippen molar-refractivity contribution in [3.8, 4) is 0 Å². The van der Waals surface area contributed by atoms with Gasteiger partial charge in [-0.25, -0.2) is 4.98 Å². The lowest BCUT2D eigenvalue weighted by atomic mass is 10.2. The van der Waals surface area contributed by atoms with Crippen molar-refractivity contribution < 1.29 is 0 Å². The Bertz CT molecular complexity index is 586. The molecule has 0 aliphatic carbocycles. The van der Waals surface area contributed by atoms with Gasteiger partial charge in [0.05, 0.1) is 15.8 Å². The molecule has 5 nitrogen and oxygen atoms in total. The quantitative estimate of drug-likeness (QED) is 0.876. The van der Waals surface area contributed by atoms with Crippen LogP contribution in [-0.4, -0.2) is 30.6 Å². The topological polar surface area (TPSA) is 53.1 Å². The predicted octanol–water partition coefficient (Wildman–Crippen LogP) is 3.48. The van der Waals surface area contributed by atoms with E-state index in [0.29, 0.717) is 5.95 Å². The standard InChI is InChI=1S/C14H18BrN5/c1-4-16-14-17-9-10(15)13(19-14)18-11-7-5-6-8-12(11)20(2)3/h5-9H,4H2,1-3H3,(H2,16,17,18,19). The summed E-state index contributed by atoms with van der Waals surface area (Å²) in [5, 5.41) is 6.45. The van der Waals surface area contributed by atoms with Crippen molar-refractivity contribution in [3.05, 3.63) is 34.9 Å². The Morgan fingerprint density at radius 2 is 2.00 bits per heavy atom. The fourth-order valence-corrected chi connectivity index (χ4v) is 2.09. The van der Waals surface area contributed by atoms with Crippen molar-refractivity contribution >= 4 is 39.1 Å².